The van der Waals surface area contributed by atoms with Gasteiger partial charge in [0, 0.05) is 17.4 Å². The summed E-state index contributed by atoms with van der Waals surface area (Å²) in [6, 6.07) is 4.73. The van der Waals surface area contributed by atoms with Gasteiger partial charge in [0.25, 0.3) is 0 Å². The molecule has 3 rings (SSSR count). The molecule has 1 N–H and O–H groups in total. The predicted octanol–water partition coefficient (Wildman–Crippen LogP) is 1.32. The second-order valence-electron chi connectivity index (χ2n) is 5.53. The fraction of sp³-hybridized carbons (Fsp3) is 0.400. The third kappa shape index (κ3) is 3.23. The van der Waals surface area contributed by atoms with Crippen LogP contribution in [0.3, 0.4) is 0 Å². The van der Waals surface area contributed by atoms with Gasteiger partial charge in [0.05, 0.1) is 11.6 Å². The van der Waals surface area contributed by atoms with Crippen LogP contribution in [0.4, 0.5) is 0 Å². The number of carboxylic acids is 1. The molecule has 1 saturated heterocycles. The van der Waals surface area contributed by atoms with Gasteiger partial charge in [-0.3, -0.25) is 9.59 Å². The van der Waals surface area contributed by atoms with E-state index in [-0.39, 0.29) is 31.3 Å². The number of aliphatic carboxylic acids is 1. The second kappa shape index (κ2) is 6.52. The van der Waals surface area contributed by atoms with Crippen LogP contribution in [0.25, 0.3) is 0 Å². The molecule has 0 saturated carbocycles. The highest BCUT2D eigenvalue weighted by atomic mass is 79.9. The molecular formula is C15H15BrN2O4S. The topological polar surface area (TPSA) is 77.9 Å². The quantitative estimate of drug-likeness (QED) is 0.830. The molecule has 122 valence electrons. The van der Waals surface area contributed by atoms with Gasteiger partial charge in [-0.05, 0) is 17.2 Å². The smallest absolute Gasteiger partial charge is 0.326 e. The van der Waals surface area contributed by atoms with Gasteiger partial charge in [0.1, 0.15) is 12.6 Å². The number of rotatable bonds is 3. The number of amides is 2. The van der Waals surface area contributed by atoms with Crippen molar-refractivity contribution in [2.24, 2.45) is 0 Å². The van der Waals surface area contributed by atoms with E-state index in [1.54, 1.807) is 0 Å². The number of fused-ring (bicyclic) bond motifs is 1. The molecule has 2 aliphatic heterocycles. The summed E-state index contributed by atoms with van der Waals surface area (Å²) in [5.74, 6) is -0.555. The molecule has 0 radical (unpaired) electrons. The van der Waals surface area contributed by atoms with Crippen LogP contribution in [-0.4, -0.2) is 56.9 Å². The van der Waals surface area contributed by atoms with E-state index >= 15 is 0 Å². The first-order chi connectivity index (χ1) is 11.0. The van der Waals surface area contributed by atoms with E-state index < -0.39 is 12.0 Å². The minimum atomic E-state index is -1.03. The van der Waals surface area contributed by atoms with Crippen molar-refractivity contribution in [3.8, 4) is 0 Å². The maximum absolute atomic E-state index is 12.6. The lowest BCUT2D eigenvalue weighted by Gasteiger charge is -2.35. The Morgan fingerprint density at radius 3 is 2.83 bits per heavy atom. The highest BCUT2D eigenvalue weighted by Crippen LogP contribution is 2.30. The zero-order chi connectivity index (χ0) is 16.6. The van der Waals surface area contributed by atoms with Gasteiger partial charge >= 0.3 is 5.97 Å². The van der Waals surface area contributed by atoms with Crippen molar-refractivity contribution in [2.45, 2.75) is 19.0 Å². The standard InChI is InChI=1S/C15H15BrN2O4S/c16-11-3-1-2-9-5-18(12(15(21)22)4-10(9)11)13(19)6-17-8-23-7-14(17)20/h1-3,12H,4-8H2,(H,21,22). The Kier molecular flexibility index (Phi) is 4.63. The summed E-state index contributed by atoms with van der Waals surface area (Å²) in [6.07, 6.45) is 0.264. The van der Waals surface area contributed by atoms with Gasteiger partial charge in [0.2, 0.25) is 11.8 Å². The van der Waals surface area contributed by atoms with Gasteiger partial charge in [-0.1, -0.05) is 28.1 Å². The van der Waals surface area contributed by atoms with Gasteiger partial charge in [0.15, 0.2) is 0 Å². The van der Waals surface area contributed by atoms with Crippen molar-refractivity contribution in [3.05, 3.63) is 33.8 Å². The van der Waals surface area contributed by atoms with Crippen LogP contribution in [0.5, 0.6) is 0 Å². The monoisotopic (exact) mass is 398 g/mol. The second-order valence-corrected chi connectivity index (χ2v) is 7.34. The summed E-state index contributed by atoms with van der Waals surface area (Å²) < 4.78 is 0.861. The summed E-state index contributed by atoms with van der Waals surface area (Å²) in [5, 5.41) is 9.49. The van der Waals surface area contributed by atoms with Crippen LogP contribution in [0, 0.1) is 0 Å². The highest BCUT2D eigenvalue weighted by Gasteiger charge is 2.36. The summed E-state index contributed by atoms with van der Waals surface area (Å²) >= 11 is 4.90. The Balaban J connectivity index is 1.83. The number of halogens is 1. The van der Waals surface area contributed by atoms with E-state index in [9.17, 15) is 19.5 Å². The van der Waals surface area contributed by atoms with E-state index in [1.807, 2.05) is 18.2 Å². The average molecular weight is 399 g/mol. The lowest BCUT2D eigenvalue weighted by atomic mass is 9.94. The summed E-state index contributed by atoms with van der Waals surface area (Å²) in [7, 11) is 0. The van der Waals surface area contributed by atoms with E-state index in [2.05, 4.69) is 15.9 Å². The van der Waals surface area contributed by atoms with E-state index in [1.165, 1.54) is 21.6 Å². The molecule has 8 heteroatoms. The van der Waals surface area contributed by atoms with E-state index in [0.717, 1.165) is 15.6 Å². The molecule has 2 heterocycles. The van der Waals surface area contributed by atoms with Gasteiger partial charge in [-0.2, -0.15) is 0 Å². The van der Waals surface area contributed by atoms with Crippen molar-refractivity contribution in [2.75, 3.05) is 18.2 Å². The van der Waals surface area contributed by atoms with Crippen LogP contribution >= 0.6 is 27.7 Å². The number of nitrogens with zero attached hydrogens (tertiary/aromatic N) is 2. The third-order valence-electron chi connectivity index (χ3n) is 4.09. The Bertz CT molecular complexity index is 681. The van der Waals surface area contributed by atoms with Crippen molar-refractivity contribution in [1.29, 1.82) is 0 Å². The first-order valence-electron chi connectivity index (χ1n) is 7.11. The molecule has 1 atom stereocenters. The lowest BCUT2D eigenvalue weighted by Crippen LogP contribution is -2.51. The maximum atomic E-state index is 12.6. The number of carboxylic acid groups (broad SMARTS) is 1. The minimum absolute atomic E-state index is 0.0566. The highest BCUT2D eigenvalue weighted by molar-refractivity contribution is 9.10. The zero-order valence-corrected chi connectivity index (χ0v) is 14.6. The minimum Gasteiger partial charge on any atom is -0.480 e. The fourth-order valence-corrected chi connectivity index (χ4v) is 4.33. The first-order valence-corrected chi connectivity index (χ1v) is 9.06. The maximum Gasteiger partial charge on any atom is 0.326 e. The molecule has 0 spiro atoms. The molecule has 2 aliphatic rings. The molecule has 23 heavy (non-hydrogen) atoms. The normalized spacial score (nSPS) is 20.6. The molecule has 6 nitrogen and oxygen atoms in total. The van der Waals surface area contributed by atoms with Crippen LogP contribution in [-0.2, 0) is 27.3 Å². The number of hydrogen-bond donors (Lipinski definition) is 1. The molecule has 1 aromatic rings. The van der Waals surface area contributed by atoms with E-state index in [4.69, 9.17) is 0 Å². The third-order valence-corrected chi connectivity index (χ3v) is 5.78. The Labute approximate surface area is 145 Å². The largest absolute Gasteiger partial charge is 0.480 e. The number of hydrogen-bond acceptors (Lipinski definition) is 4. The van der Waals surface area contributed by atoms with Crippen LogP contribution < -0.4 is 0 Å². The Morgan fingerprint density at radius 1 is 1.39 bits per heavy atom. The van der Waals surface area contributed by atoms with Crippen LogP contribution in [0.1, 0.15) is 11.1 Å². The molecule has 0 aliphatic carbocycles. The van der Waals surface area contributed by atoms with E-state index in [0.29, 0.717) is 11.6 Å². The van der Waals surface area contributed by atoms with Crippen molar-refractivity contribution in [1.82, 2.24) is 9.80 Å². The van der Waals surface area contributed by atoms with Crippen molar-refractivity contribution in [3.63, 3.8) is 0 Å². The SMILES string of the molecule is O=C(O)C1Cc2c(Br)cccc2CN1C(=O)CN1CSCC1=O. The number of thioether (sulfide) groups is 1. The Morgan fingerprint density at radius 2 is 2.17 bits per heavy atom. The summed E-state index contributed by atoms with van der Waals surface area (Å²) in [6.45, 7) is 0.193. The molecule has 2 amide bonds. The van der Waals surface area contributed by atoms with Crippen molar-refractivity contribution < 1.29 is 19.5 Å². The summed E-state index contributed by atoms with van der Waals surface area (Å²) in [5.41, 5.74) is 1.86. The summed E-state index contributed by atoms with van der Waals surface area (Å²) in [4.78, 5) is 38.7. The predicted molar refractivity (Wildman–Crippen MR) is 88.9 cm³/mol. The zero-order valence-electron chi connectivity index (χ0n) is 12.2. The number of carbonyl (C=O) groups excluding carboxylic acids is 2. The van der Waals surface area contributed by atoms with Crippen LogP contribution in [0.15, 0.2) is 22.7 Å². The molecular weight excluding hydrogens is 384 g/mol. The molecule has 1 fully saturated rings. The first kappa shape index (κ1) is 16.3. The Hall–Kier alpha value is -1.54. The average Bonchev–Trinajstić information content (AvgIpc) is 2.91. The number of benzene rings is 1. The molecule has 1 aromatic carbocycles. The van der Waals surface area contributed by atoms with Gasteiger partial charge in [-0.15, -0.1) is 11.8 Å². The molecule has 1 unspecified atom stereocenters. The number of carbonyl (C=O) groups is 3. The van der Waals surface area contributed by atoms with Crippen LogP contribution in [0.2, 0.25) is 0 Å². The lowest BCUT2D eigenvalue weighted by molar-refractivity contribution is -0.152. The van der Waals surface area contributed by atoms with Crippen molar-refractivity contribution >= 4 is 45.5 Å². The molecule has 0 aromatic heterocycles. The molecule has 0 bridgehead atoms. The van der Waals surface area contributed by atoms with Gasteiger partial charge < -0.3 is 14.9 Å². The van der Waals surface area contributed by atoms with Gasteiger partial charge in [-0.25, -0.2) is 4.79 Å². The fourth-order valence-electron chi connectivity index (χ4n) is 2.85.